The van der Waals surface area contributed by atoms with Gasteiger partial charge in [-0.1, -0.05) is 24.4 Å². The van der Waals surface area contributed by atoms with Crippen molar-refractivity contribution in [3.8, 4) is 5.75 Å². The van der Waals surface area contributed by atoms with Crippen LogP contribution in [0.15, 0.2) is 24.3 Å². The standard InChI is InChI=1S/C9H11NOS2/c1-13-9(12)10-6-7-2-4-8(11)5-3-7/h2-5,11H,6H2,1H3,(H,10,12). The average molecular weight is 213 g/mol. The van der Waals surface area contributed by atoms with Gasteiger partial charge >= 0.3 is 0 Å². The second-order valence-electron chi connectivity index (χ2n) is 2.51. The van der Waals surface area contributed by atoms with E-state index in [0.717, 1.165) is 9.88 Å². The zero-order chi connectivity index (χ0) is 9.68. The second kappa shape index (κ2) is 5.09. The zero-order valence-corrected chi connectivity index (χ0v) is 8.91. The van der Waals surface area contributed by atoms with Crippen LogP contribution in [-0.2, 0) is 6.54 Å². The molecule has 1 aromatic rings. The molecule has 4 heteroatoms. The van der Waals surface area contributed by atoms with Crippen molar-refractivity contribution in [3.63, 3.8) is 0 Å². The minimum absolute atomic E-state index is 0.288. The maximum Gasteiger partial charge on any atom is 0.133 e. The van der Waals surface area contributed by atoms with Gasteiger partial charge in [0.15, 0.2) is 0 Å². The van der Waals surface area contributed by atoms with Gasteiger partial charge in [-0.2, -0.15) is 0 Å². The third-order valence-electron chi connectivity index (χ3n) is 1.56. The van der Waals surface area contributed by atoms with Gasteiger partial charge in [0.25, 0.3) is 0 Å². The molecule has 0 saturated heterocycles. The van der Waals surface area contributed by atoms with Gasteiger partial charge < -0.3 is 10.4 Å². The lowest BCUT2D eigenvalue weighted by atomic mass is 10.2. The highest BCUT2D eigenvalue weighted by Crippen LogP contribution is 2.09. The fraction of sp³-hybridized carbons (Fsp3) is 0.222. The first-order chi connectivity index (χ1) is 6.22. The Labute approximate surface area is 87.4 Å². The molecule has 0 radical (unpaired) electrons. The molecular formula is C9H11NOS2. The molecule has 0 atom stereocenters. The van der Waals surface area contributed by atoms with E-state index in [9.17, 15) is 0 Å². The van der Waals surface area contributed by atoms with E-state index in [1.54, 1.807) is 12.1 Å². The molecule has 0 bridgehead atoms. The number of hydrogen-bond donors (Lipinski definition) is 2. The predicted octanol–water partition coefficient (Wildman–Crippen LogP) is 2.13. The first kappa shape index (κ1) is 10.3. The summed E-state index contributed by atoms with van der Waals surface area (Å²) < 4.78 is 0.785. The van der Waals surface area contributed by atoms with Crippen molar-refractivity contribution in [2.75, 3.05) is 6.26 Å². The van der Waals surface area contributed by atoms with E-state index in [1.165, 1.54) is 11.8 Å². The molecule has 0 aliphatic rings. The third-order valence-corrected chi connectivity index (χ3v) is 2.72. The Balaban J connectivity index is 2.46. The Hall–Kier alpha value is -0.740. The van der Waals surface area contributed by atoms with Crippen LogP contribution in [0.3, 0.4) is 0 Å². The Kier molecular flexibility index (Phi) is 4.05. The molecule has 2 N–H and O–H groups in total. The van der Waals surface area contributed by atoms with E-state index < -0.39 is 0 Å². The summed E-state index contributed by atoms with van der Waals surface area (Å²) in [5, 5.41) is 12.1. The summed E-state index contributed by atoms with van der Waals surface area (Å²) in [5.41, 5.74) is 1.11. The van der Waals surface area contributed by atoms with E-state index in [4.69, 9.17) is 17.3 Å². The maximum absolute atomic E-state index is 9.03. The largest absolute Gasteiger partial charge is 0.508 e. The molecule has 2 nitrogen and oxygen atoms in total. The van der Waals surface area contributed by atoms with Gasteiger partial charge in [0.2, 0.25) is 0 Å². The number of thioether (sulfide) groups is 1. The first-order valence-corrected chi connectivity index (χ1v) is 5.45. The molecule has 0 heterocycles. The number of phenolic OH excluding ortho intramolecular Hbond substituents is 1. The quantitative estimate of drug-likeness (QED) is 0.737. The van der Waals surface area contributed by atoms with Crippen LogP contribution in [0.4, 0.5) is 0 Å². The summed E-state index contributed by atoms with van der Waals surface area (Å²) in [4.78, 5) is 0. The van der Waals surface area contributed by atoms with Crippen molar-refractivity contribution in [2.45, 2.75) is 6.54 Å². The number of phenols is 1. The van der Waals surface area contributed by atoms with E-state index >= 15 is 0 Å². The molecule has 0 aromatic heterocycles. The van der Waals surface area contributed by atoms with Gasteiger partial charge in [-0.3, -0.25) is 0 Å². The highest BCUT2D eigenvalue weighted by Gasteiger charge is 1.94. The van der Waals surface area contributed by atoms with Crippen LogP contribution >= 0.6 is 24.0 Å². The lowest BCUT2D eigenvalue weighted by molar-refractivity contribution is 0.475. The van der Waals surface area contributed by atoms with E-state index in [0.29, 0.717) is 6.54 Å². The normalized spacial score (nSPS) is 9.62. The Morgan fingerprint density at radius 1 is 1.46 bits per heavy atom. The van der Waals surface area contributed by atoms with Crippen LogP contribution in [0.1, 0.15) is 5.56 Å². The summed E-state index contributed by atoms with van der Waals surface area (Å²) in [6.45, 7) is 0.708. The van der Waals surface area contributed by atoms with Crippen LogP contribution in [0.5, 0.6) is 5.75 Å². The van der Waals surface area contributed by atoms with Gasteiger partial charge in [-0.05, 0) is 24.0 Å². The highest BCUT2D eigenvalue weighted by atomic mass is 32.2. The van der Waals surface area contributed by atoms with Crippen molar-refractivity contribution < 1.29 is 5.11 Å². The van der Waals surface area contributed by atoms with Gasteiger partial charge in [-0.15, -0.1) is 11.8 Å². The predicted molar refractivity (Wildman–Crippen MR) is 61.1 cm³/mol. The third kappa shape index (κ3) is 3.65. The number of benzene rings is 1. The van der Waals surface area contributed by atoms with Gasteiger partial charge in [0.1, 0.15) is 10.1 Å². The lowest BCUT2D eigenvalue weighted by Crippen LogP contribution is -2.16. The Bertz CT molecular complexity index is 284. The summed E-state index contributed by atoms with van der Waals surface area (Å²) in [6, 6.07) is 7.06. The number of aromatic hydroxyl groups is 1. The molecule has 0 fully saturated rings. The van der Waals surface area contributed by atoms with Crippen LogP contribution in [0.25, 0.3) is 0 Å². The average Bonchev–Trinajstić information content (AvgIpc) is 2.16. The van der Waals surface area contributed by atoms with Crippen molar-refractivity contribution in [3.05, 3.63) is 29.8 Å². The van der Waals surface area contributed by atoms with E-state index in [-0.39, 0.29) is 5.75 Å². The summed E-state index contributed by atoms with van der Waals surface area (Å²) in [7, 11) is 0. The smallest absolute Gasteiger partial charge is 0.133 e. The fourth-order valence-electron chi connectivity index (χ4n) is 0.860. The summed E-state index contributed by atoms with van der Waals surface area (Å²) >= 11 is 6.50. The number of nitrogens with one attached hydrogen (secondary N) is 1. The molecule has 0 aliphatic carbocycles. The maximum atomic E-state index is 9.03. The molecule has 0 unspecified atom stereocenters. The molecular weight excluding hydrogens is 202 g/mol. The Morgan fingerprint density at radius 3 is 2.62 bits per heavy atom. The highest BCUT2D eigenvalue weighted by molar-refractivity contribution is 8.22. The molecule has 13 heavy (non-hydrogen) atoms. The molecule has 70 valence electrons. The van der Waals surface area contributed by atoms with Crippen molar-refractivity contribution in [1.82, 2.24) is 5.32 Å². The van der Waals surface area contributed by atoms with Gasteiger partial charge in [0.05, 0.1) is 0 Å². The summed E-state index contributed by atoms with van der Waals surface area (Å²) in [5.74, 6) is 0.288. The molecule has 0 spiro atoms. The number of rotatable bonds is 2. The number of hydrogen-bond acceptors (Lipinski definition) is 3. The van der Waals surface area contributed by atoms with Crippen LogP contribution < -0.4 is 5.32 Å². The van der Waals surface area contributed by atoms with E-state index in [1.807, 2.05) is 18.4 Å². The fourth-order valence-corrected chi connectivity index (χ4v) is 1.15. The SMILES string of the molecule is CSC(=S)NCc1ccc(O)cc1. The second-order valence-corrected chi connectivity index (χ2v) is 3.99. The topological polar surface area (TPSA) is 32.3 Å². The monoisotopic (exact) mass is 213 g/mol. The van der Waals surface area contributed by atoms with Gasteiger partial charge in [0, 0.05) is 6.54 Å². The molecule has 0 saturated carbocycles. The van der Waals surface area contributed by atoms with Crippen molar-refractivity contribution in [2.24, 2.45) is 0 Å². The van der Waals surface area contributed by atoms with Crippen LogP contribution in [0.2, 0.25) is 0 Å². The van der Waals surface area contributed by atoms with E-state index in [2.05, 4.69) is 5.32 Å². The minimum atomic E-state index is 0.288. The number of thiocarbonyl (C=S) groups is 1. The minimum Gasteiger partial charge on any atom is -0.508 e. The molecule has 1 rings (SSSR count). The summed E-state index contributed by atoms with van der Waals surface area (Å²) in [6.07, 6.45) is 1.94. The van der Waals surface area contributed by atoms with Crippen molar-refractivity contribution >= 4 is 28.3 Å². The van der Waals surface area contributed by atoms with Crippen LogP contribution in [-0.4, -0.2) is 15.7 Å². The first-order valence-electron chi connectivity index (χ1n) is 3.82. The molecule has 0 aliphatic heterocycles. The van der Waals surface area contributed by atoms with Crippen LogP contribution in [0, 0.1) is 0 Å². The molecule has 0 amide bonds. The lowest BCUT2D eigenvalue weighted by Gasteiger charge is -2.04. The van der Waals surface area contributed by atoms with Gasteiger partial charge in [-0.25, -0.2) is 0 Å². The molecule has 1 aromatic carbocycles. The van der Waals surface area contributed by atoms with Crippen molar-refractivity contribution in [1.29, 1.82) is 0 Å². The Morgan fingerprint density at radius 2 is 2.08 bits per heavy atom. The zero-order valence-electron chi connectivity index (χ0n) is 7.28.